The van der Waals surface area contributed by atoms with E-state index in [0.29, 0.717) is 13.0 Å². The summed E-state index contributed by atoms with van der Waals surface area (Å²) in [6.07, 6.45) is 1.99. The summed E-state index contributed by atoms with van der Waals surface area (Å²) in [6.45, 7) is 0.631. The lowest BCUT2D eigenvalue weighted by molar-refractivity contribution is -0.129. The Balaban J connectivity index is 1.73. The molecule has 3 rings (SSSR count). The van der Waals surface area contributed by atoms with Crippen LogP contribution in [0.15, 0.2) is 45.7 Å². The first-order chi connectivity index (χ1) is 10.7. The molecule has 0 unspecified atom stereocenters. The smallest absolute Gasteiger partial charge is 0.227 e. The Morgan fingerprint density at radius 2 is 2.23 bits per heavy atom. The molecule has 0 saturated carbocycles. The van der Waals surface area contributed by atoms with E-state index in [1.54, 1.807) is 29.6 Å². The Hall–Kier alpha value is -2.27. The monoisotopic (exact) mass is 315 g/mol. The lowest BCUT2D eigenvalue weighted by Crippen LogP contribution is -2.27. The normalized spacial score (nSPS) is 10.8. The van der Waals surface area contributed by atoms with Gasteiger partial charge in [-0.2, -0.15) is 11.3 Å². The highest BCUT2D eigenvalue weighted by atomic mass is 32.1. The molecule has 1 amide bonds. The van der Waals surface area contributed by atoms with Crippen molar-refractivity contribution in [3.8, 4) is 5.75 Å². The molecule has 0 saturated heterocycles. The fourth-order valence-electron chi connectivity index (χ4n) is 2.37. The van der Waals surface area contributed by atoms with Crippen LogP contribution in [0.25, 0.3) is 11.0 Å². The van der Waals surface area contributed by atoms with E-state index in [4.69, 9.17) is 9.15 Å². The molecule has 0 aliphatic carbocycles. The molecule has 0 bridgehead atoms. The van der Waals surface area contributed by atoms with Gasteiger partial charge in [-0.1, -0.05) is 0 Å². The maximum atomic E-state index is 12.4. The number of rotatable bonds is 5. The number of ether oxygens (including phenoxy) is 1. The minimum atomic E-state index is 0.0738. The number of thiophene rings is 1. The number of amides is 1. The summed E-state index contributed by atoms with van der Waals surface area (Å²) < 4.78 is 10.7. The molecule has 0 aliphatic heterocycles. The van der Waals surface area contributed by atoms with Crippen molar-refractivity contribution >= 4 is 28.2 Å². The predicted molar refractivity (Wildman–Crippen MR) is 87.3 cm³/mol. The van der Waals surface area contributed by atoms with Gasteiger partial charge in [0, 0.05) is 30.6 Å². The summed E-state index contributed by atoms with van der Waals surface area (Å²) in [4.78, 5) is 14.1. The highest BCUT2D eigenvalue weighted by Gasteiger charge is 2.14. The van der Waals surface area contributed by atoms with E-state index in [2.05, 4.69) is 5.38 Å². The van der Waals surface area contributed by atoms with Crippen molar-refractivity contribution in [1.82, 2.24) is 4.90 Å². The van der Waals surface area contributed by atoms with Gasteiger partial charge >= 0.3 is 0 Å². The number of carbonyl (C=O) groups excluding carboxylic acids is 1. The summed E-state index contributed by atoms with van der Waals surface area (Å²) in [5, 5.41) is 5.03. The molecule has 114 valence electrons. The summed E-state index contributed by atoms with van der Waals surface area (Å²) in [5.74, 6) is 0.819. The van der Waals surface area contributed by atoms with Gasteiger partial charge in [0.15, 0.2) is 0 Å². The Kier molecular flexibility index (Phi) is 4.15. The lowest BCUT2D eigenvalue weighted by Gasteiger charge is -2.16. The molecule has 0 aliphatic rings. The van der Waals surface area contributed by atoms with Gasteiger partial charge in [0.05, 0.1) is 19.8 Å². The standard InChI is InChI=1S/C17H17NO3S/c1-18(9-12-5-6-22-11-12)17(19)7-13-10-21-16-8-14(20-2)3-4-15(13)16/h3-6,8,10-11H,7,9H2,1-2H3. The molecule has 4 nitrogen and oxygen atoms in total. The molecule has 0 spiro atoms. The van der Waals surface area contributed by atoms with Crippen molar-refractivity contribution in [2.24, 2.45) is 0 Å². The van der Waals surface area contributed by atoms with Crippen LogP contribution in [-0.4, -0.2) is 25.0 Å². The van der Waals surface area contributed by atoms with Crippen LogP contribution in [-0.2, 0) is 17.8 Å². The van der Waals surface area contributed by atoms with Crippen molar-refractivity contribution in [2.75, 3.05) is 14.2 Å². The zero-order chi connectivity index (χ0) is 15.5. The Labute approximate surface area is 132 Å². The number of nitrogens with zero attached hydrogens (tertiary/aromatic N) is 1. The average Bonchev–Trinajstić information content (AvgIpc) is 3.16. The lowest BCUT2D eigenvalue weighted by atomic mass is 10.1. The second-order valence-corrected chi connectivity index (χ2v) is 5.96. The predicted octanol–water partition coefficient (Wildman–Crippen LogP) is 3.70. The van der Waals surface area contributed by atoms with E-state index in [-0.39, 0.29) is 5.91 Å². The van der Waals surface area contributed by atoms with Crippen LogP contribution in [0, 0.1) is 0 Å². The maximum absolute atomic E-state index is 12.4. The van der Waals surface area contributed by atoms with Gasteiger partial charge < -0.3 is 14.1 Å². The number of hydrogen-bond donors (Lipinski definition) is 0. The third-order valence-corrected chi connectivity index (χ3v) is 4.36. The molecule has 5 heteroatoms. The highest BCUT2D eigenvalue weighted by Crippen LogP contribution is 2.26. The Morgan fingerprint density at radius 1 is 1.36 bits per heavy atom. The van der Waals surface area contributed by atoms with E-state index in [1.807, 2.05) is 36.7 Å². The second kappa shape index (κ2) is 6.23. The largest absolute Gasteiger partial charge is 0.497 e. The van der Waals surface area contributed by atoms with Crippen molar-refractivity contribution in [3.63, 3.8) is 0 Å². The molecular weight excluding hydrogens is 298 g/mol. The number of furan rings is 1. The highest BCUT2D eigenvalue weighted by molar-refractivity contribution is 7.07. The summed E-state index contributed by atoms with van der Waals surface area (Å²) in [5.41, 5.74) is 2.80. The fraction of sp³-hybridized carbons (Fsp3) is 0.235. The van der Waals surface area contributed by atoms with Crippen LogP contribution in [0.2, 0.25) is 0 Å². The molecular formula is C17H17NO3S. The molecule has 0 N–H and O–H groups in total. The van der Waals surface area contributed by atoms with E-state index >= 15 is 0 Å². The van der Waals surface area contributed by atoms with Gasteiger partial charge in [0.25, 0.3) is 0 Å². The Morgan fingerprint density at radius 3 is 2.95 bits per heavy atom. The molecule has 1 aromatic carbocycles. The summed E-state index contributed by atoms with van der Waals surface area (Å²) in [7, 11) is 3.44. The van der Waals surface area contributed by atoms with E-state index in [1.165, 1.54) is 0 Å². The quantitative estimate of drug-likeness (QED) is 0.721. The van der Waals surface area contributed by atoms with Gasteiger partial charge in [0.2, 0.25) is 5.91 Å². The molecule has 0 atom stereocenters. The van der Waals surface area contributed by atoms with E-state index in [0.717, 1.165) is 27.8 Å². The second-order valence-electron chi connectivity index (χ2n) is 5.18. The van der Waals surface area contributed by atoms with Crippen molar-refractivity contribution < 1.29 is 13.9 Å². The van der Waals surface area contributed by atoms with Crippen LogP contribution in [0.1, 0.15) is 11.1 Å². The minimum absolute atomic E-state index is 0.0738. The van der Waals surface area contributed by atoms with Crippen molar-refractivity contribution in [2.45, 2.75) is 13.0 Å². The number of hydrogen-bond acceptors (Lipinski definition) is 4. The van der Waals surface area contributed by atoms with E-state index < -0.39 is 0 Å². The van der Waals surface area contributed by atoms with Crippen LogP contribution < -0.4 is 4.74 Å². The molecule has 22 heavy (non-hydrogen) atoms. The first-order valence-corrected chi connectivity index (χ1v) is 7.91. The zero-order valence-corrected chi connectivity index (χ0v) is 13.4. The number of methoxy groups -OCH3 is 1. The third-order valence-electron chi connectivity index (χ3n) is 3.63. The number of carbonyl (C=O) groups is 1. The number of fused-ring (bicyclic) bond motifs is 1. The molecule has 0 fully saturated rings. The fourth-order valence-corrected chi connectivity index (χ4v) is 3.03. The van der Waals surface area contributed by atoms with Gasteiger partial charge in [0.1, 0.15) is 11.3 Å². The van der Waals surface area contributed by atoms with Gasteiger partial charge in [-0.15, -0.1) is 0 Å². The summed E-state index contributed by atoms with van der Waals surface area (Å²) >= 11 is 1.64. The molecule has 0 radical (unpaired) electrons. The average molecular weight is 315 g/mol. The van der Waals surface area contributed by atoms with Crippen LogP contribution >= 0.6 is 11.3 Å². The molecule has 2 aromatic heterocycles. The Bertz CT molecular complexity index is 776. The van der Waals surface area contributed by atoms with E-state index in [9.17, 15) is 4.79 Å². The third kappa shape index (κ3) is 2.99. The molecule has 2 heterocycles. The minimum Gasteiger partial charge on any atom is -0.497 e. The van der Waals surface area contributed by atoms with Gasteiger partial charge in [-0.3, -0.25) is 4.79 Å². The van der Waals surface area contributed by atoms with Crippen LogP contribution in [0.5, 0.6) is 5.75 Å². The van der Waals surface area contributed by atoms with Gasteiger partial charge in [-0.05, 0) is 34.5 Å². The first kappa shape index (κ1) is 14.7. The van der Waals surface area contributed by atoms with Crippen LogP contribution in [0.3, 0.4) is 0 Å². The first-order valence-electron chi connectivity index (χ1n) is 6.96. The maximum Gasteiger partial charge on any atom is 0.227 e. The topological polar surface area (TPSA) is 42.7 Å². The SMILES string of the molecule is COc1ccc2c(CC(=O)N(C)Cc3ccsc3)coc2c1. The number of benzene rings is 1. The zero-order valence-electron chi connectivity index (χ0n) is 12.5. The van der Waals surface area contributed by atoms with Crippen molar-refractivity contribution in [3.05, 3.63) is 52.4 Å². The molecule has 3 aromatic rings. The van der Waals surface area contributed by atoms with Gasteiger partial charge in [-0.25, -0.2) is 0 Å². The van der Waals surface area contributed by atoms with Crippen LogP contribution in [0.4, 0.5) is 0 Å². The summed E-state index contributed by atoms with van der Waals surface area (Å²) in [6, 6.07) is 7.67. The van der Waals surface area contributed by atoms with Crippen molar-refractivity contribution in [1.29, 1.82) is 0 Å². The number of likely N-dealkylation sites (N-methyl/N-ethyl adjacent to an activating group) is 1.